The van der Waals surface area contributed by atoms with Crippen LogP contribution in [0.25, 0.3) is 11.5 Å². The Balaban J connectivity index is 1.52. The average molecular weight is 429 g/mol. The third-order valence-electron chi connectivity index (χ3n) is 5.06. The summed E-state index contributed by atoms with van der Waals surface area (Å²) < 4.78 is 15.0. The van der Waals surface area contributed by atoms with E-state index in [2.05, 4.69) is 27.2 Å². The van der Waals surface area contributed by atoms with E-state index in [0.717, 1.165) is 16.7 Å². The predicted octanol–water partition coefficient (Wildman–Crippen LogP) is 4.75. The third-order valence-corrected chi connectivity index (χ3v) is 5.06. The summed E-state index contributed by atoms with van der Waals surface area (Å²) in [7, 11) is 0. The Morgan fingerprint density at radius 1 is 1.12 bits per heavy atom. The van der Waals surface area contributed by atoms with Crippen LogP contribution in [0.5, 0.6) is 0 Å². The summed E-state index contributed by atoms with van der Waals surface area (Å²) in [6.45, 7) is 6.02. The van der Waals surface area contributed by atoms with Gasteiger partial charge in [0.25, 0.3) is 0 Å². The lowest BCUT2D eigenvalue weighted by Crippen LogP contribution is -2.22. The van der Waals surface area contributed by atoms with Gasteiger partial charge in [-0.25, -0.2) is 9.37 Å². The molecule has 3 N–H and O–H groups in total. The lowest BCUT2D eigenvalue weighted by Gasteiger charge is -2.19. The first kappa shape index (κ1) is 21.3. The number of aliphatic hydroxyl groups excluding tert-OH is 1. The number of anilines is 2. The number of aromatic nitrogens is 3. The van der Waals surface area contributed by atoms with Crippen LogP contribution in [0.15, 0.2) is 85.8 Å². The normalized spacial score (nSPS) is 11.7. The first-order valence-corrected chi connectivity index (χ1v) is 10.2. The molecule has 0 radical (unpaired) electrons. The Hall–Kier alpha value is -3.97. The highest BCUT2D eigenvalue weighted by Crippen LogP contribution is 2.21. The zero-order chi connectivity index (χ0) is 22.5. The van der Waals surface area contributed by atoms with Crippen molar-refractivity contribution in [3.63, 3.8) is 0 Å². The van der Waals surface area contributed by atoms with Gasteiger partial charge in [0.05, 0.1) is 12.6 Å². The van der Waals surface area contributed by atoms with Gasteiger partial charge in [0.2, 0.25) is 5.95 Å². The highest BCUT2D eigenvalue weighted by molar-refractivity contribution is 5.62. The summed E-state index contributed by atoms with van der Waals surface area (Å²) in [4.78, 5) is 8.94. The molecule has 0 bridgehead atoms. The van der Waals surface area contributed by atoms with Gasteiger partial charge in [-0.3, -0.25) is 0 Å². The van der Waals surface area contributed by atoms with Gasteiger partial charge in [-0.15, -0.1) is 0 Å². The van der Waals surface area contributed by atoms with Gasteiger partial charge in [-0.1, -0.05) is 36.9 Å². The molecule has 0 saturated carbocycles. The van der Waals surface area contributed by atoms with Crippen LogP contribution in [0.1, 0.15) is 22.7 Å². The number of hydrogen-bond acceptors (Lipinski definition) is 5. The van der Waals surface area contributed by atoms with Crippen molar-refractivity contribution in [2.75, 3.05) is 11.9 Å². The Morgan fingerprint density at radius 2 is 1.88 bits per heavy atom. The number of nitrogens with zero attached hydrogens (tertiary/aromatic N) is 3. The summed E-state index contributed by atoms with van der Waals surface area (Å²) in [6, 6.07) is 17.4. The smallest absolute Gasteiger partial charge is 0.229 e. The van der Waals surface area contributed by atoms with Crippen LogP contribution in [0, 0.1) is 12.7 Å². The number of rotatable bonds is 8. The molecule has 4 rings (SSSR count). The molecule has 0 aliphatic rings. The molecule has 0 amide bonds. The fraction of sp³-hybridized carbons (Fsp3) is 0.120. The second-order valence-electron chi connectivity index (χ2n) is 7.41. The Morgan fingerprint density at radius 3 is 2.59 bits per heavy atom. The second kappa shape index (κ2) is 9.45. The van der Waals surface area contributed by atoms with Crippen molar-refractivity contribution in [1.29, 1.82) is 0 Å². The largest absolute Gasteiger partial charge is 0.394 e. The fourth-order valence-electron chi connectivity index (χ4n) is 3.34. The van der Waals surface area contributed by atoms with Crippen molar-refractivity contribution in [2.45, 2.75) is 13.0 Å². The maximum atomic E-state index is 13.1. The van der Waals surface area contributed by atoms with E-state index < -0.39 is 0 Å². The molecule has 1 unspecified atom stereocenters. The van der Waals surface area contributed by atoms with Gasteiger partial charge in [0, 0.05) is 41.1 Å². The highest BCUT2D eigenvalue weighted by Gasteiger charge is 2.13. The molecule has 0 spiro atoms. The van der Waals surface area contributed by atoms with E-state index in [0.29, 0.717) is 23.2 Å². The number of nitrogens with one attached hydrogen (secondary N) is 2. The Kier molecular flexibility index (Phi) is 6.28. The van der Waals surface area contributed by atoms with Crippen LogP contribution in [-0.4, -0.2) is 26.2 Å². The molecule has 32 heavy (non-hydrogen) atoms. The number of aryl methyl sites for hydroxylation is 1. The van der Waals surface area contributed by atoms with Crippen molar-refractivity contribution in [3.05, 3.63) is 108 Å². The van der Waals surface area contributed by atoms with Crippen molar-refractivity contribution in [3.8, 4) is 5.82 Å². The molecule has 162 valence electrons. The van der Waals surface area contributed by atoms with Crippen molar-refractivity contribution >= 4 is 17.3 Å². The van der Waals surface area contributed by atoms with Crippen LogP contribution in [0.3, 0.4) is 0 Å². The van der Waals surface area contributed by atoms with Crippen molar-refractivity contribution in [1.82, 2.24) is 19.9 Å². The molecule has 1 atom stereocenters. The van der Waals surface area contributed by atoms with E-state index in [1.165, 1.54) is 12.1 Å². The first-order chi connectivity index (χ1) is 15.5. The molecule has 6 nitrogen and oxygen atoms in total. The quantitative estimate of drug-likeness (QED) is 0.377. The molecule has 2 aromatic heterocycles. The molecular formula is C25H24FN5O. The molecule has 0 fully saturated rings. The summed E-state index contributed by atoms with van der Waals surface area (Å²) in [5.41, 5.74) is 4.16. The summed E-state index contributed by atoms with van der Waals surface area (Å²) in [5, 5.41) is 16.2. The van der Waals surface area contributed by atoms with Gasteiger partial charge in [-0.2, -0.15) is 4.98 Å². The third kappa shape index (κ3) is 4.84. The SMILES string of the molecule is C=C(NC(CO)c1ccccc1)c1ccn(-c2nc(Nc3ccc(F)cc3)ncc2C)c1. The molecule has 0 aliphatic heterocycles. The second-order valence-corrected chi connectivity index (χ2v) is 7.41. The van der Waals surface area contributed by atoms with Crippen LogP contribution in [0.2, 0.25) is 0 Å². The summed E-state index contributed by atoms with van der Waals surface area (Å²) >= 11 is 0. The molecule has 0 saturated heterocycles. The minimum atomic E-state index is -0.300. The predicted molar refractivity (Wildman–Crippen MR) is 124 cm³/mol. The maximum Gasteiger partial charge on any atom is 0.229 e. The average Bonchev–Trinajstić information content (AvgIpc) is 3.31. The number of aliphatic hydroxyl groups is 1. The Labute approximate surface area is 186 Å². The van der Waals surface area contributed by atoms with Crippen LogP contribution in [-0.2, 0) is 0 Å². The van der Waals surface area contributed by atoms with E-state index in [4.69, 9.17) is 0 Å². The first-order valence-electron chi connectivity index (χ1n) is 10.2. The molecule has 0 aliphatic carbocycles. The minimum Gasteiger partial charge on any atom is -0.394 e. The standard InChI is InChI=1S/C25H24FN5O/c1-17-14-27-25(29-22-10-8-21(26)9-11-22)30-24(17)31-13-12-20(15-31)18(2)28-23(16-32)19-6-4-3-5-7-19/h3-15,23,28,32H,2,16H2,1H3,(H,27,29,30). The lowest BCUT2D eigenvalue weighted by molar-refractivity contribution is 0.256. The van der Waals surface area contributed by atoms with Gasteiger partial charge in [0.1, 0.15) is 11.6 Å². The van der Waals surface area contributed by atoms with Crippen LogP contribution < -0.4 is 10.6 Å². The van der Waals surface area contributed by atoms with Gasteiger partial charge in [-0.05, 0) is 42.8 Å². The number of benzene rings is 2. The number of halogens is 1. The van der Waals surface area contributed by atoms with Crippen LogP contribution >= 0.6 is 0 Å². The highest BCUT2D eigenvalue weighted by atomic mass is 19.1. The fourth-order valence-corrected chi connectivity index (χ4v) is 3.34. The van der Waals surface area contributed by atoms with Crippen molar-refractivity contribution < 1.29 is 9.50 Å². The zero-order valence-corrected chi connectivity index (χ0v) is 17.7. The van der Waals surface area contributed by atoms with E-state index in [1.54, 1.807) is 18.3 Å². The van der Waals surface area contributed by atoms with E-state index >= 15 is 0 Å². The zero-order valence-electron chi connectivity index (χ0n) is 17.7. The molecule has 7 heteroatoms. The minimum absolute atomic E-state index is 0.0484. The van der Waals surface area contributed by atoms with Gasteiger partial charge < -0.3 is 20.3 Å². The molecule has 2 heterocycles. The molecular weight excluding hydrogens is 405 g/mol. The monoisotopic (exact) mass is 429 g/mol. The maximum absolute atomic E-state index is 13.1. The van der Waals surface area contributed by atoms with Gasteiger partial charge in [0.15, 0.2) is 0 Å². The lowest BCUT2D eigenvalue weighted by atomic mass is 10.1. The summed E-state index contributed by atoms with van der Waals surface area (Å²) in [5.74, 6) is 0.824. The van der Waals surface area contributed by atoms with Crippen LogP contribution in [0.4, 0.5) is 16.0 Å². The van der Waals surface area contributed by atoms with Gasteiger partial charge >= 0.3 is 0 Å². The number of hydrogen-bond donors (Lipinski definition) is 3. The topological polar surface area (TPSA) is 75.0 Å². The van der Waals surface area contributed by atoms with E-state index in [1.807, 2.05) is 60.3 Å². The van der Waals surface area contributed by atoms with E-state index in [9.17, 15) is 9.50 Å². The van der Waals surface area contributed by atoms with Crippen molar-refractivity contribution in [2.24, 2.45) is 0 Å². The molecule has 2 aromatic carbocycles. The van der Waals surface area contributed by atoms with E-state index in [-0.39, 0.29) is 18.5 Å². The molecule has 4 aromatic rings. The summed E-state index contributed by atoms with van der Waals surface area (Å²) in [6.07, 6.45) is 5.56. The Bertz CT molecular complexity index is 1200.